The molecule has 2 atom stereocenters. The van der Waals surface area contributed by atoms with Crippen LogP contribution >= 0.6 is 0 Å². The Hall–Kier alpha value is -2.57. The van der Waals surface area contributed by atoms with Crippen molar-refractivity contribution in [2.75, 3.05) is 39.3 Å². The van der Waals surface area contributed by atoms with Crippen LogP contribution in [0.25, 0.3) is 0 Å². The number of amides is 3. The number of likely N-dealkylation sites (tertiary alicyclic amines) is 3. The highest BCUT2D eigenvalue weighted by Crippen LogP contribution is 2.34. The van der Waals surface area contributed by atoms with E-state index in [-0.39, 0.29) is 30.3 Å². The van der Waals surface area contributed by atoms with Crippen molar-refractivity contribution >= 4 is 17.9 Å². The lowest BCUT2D eigenvalue weighted by molar-refractivity contribution is -0.142. The maximum absolute atomic E-state index is 13.1. The Morgan fingerprint density at radius 2 is 1.45 bits per heavy atom. The van der Waals surface area contributed by atoms with Gasteiger partial charge in [0.25, 0.3) is 0 Å². The number of rotatable bonds is 3. The molecule has 0 unspecified atom stereocenters. The molecule has 7 nitrogen and oxygen atoms in total. The summed E-state index contributed by atoms with van der Waals surface area (Å²) in [5, 5.41) is 9.67. The van der Waals surface area contributed by atoms with E-state index in [9.17, 15) is 19.5 Å². The molecule has 0 bridgehead atoms. The molecule has 0 aliphatic carbocycles. The van der Waals surface area contributed by atoms with Crippen molar-refractivity contribution in [2.24, 2.45) is 11.8 Å². The van der Waals surface area contributed by atoms with Crippen molar-refractivity contribution < 1.29 is 19.5 Å². The lowest BCUT2D eigenvalue weighted by Crippen LogP contribution is -2.48. The Bertz CT molecular complexity index is 755. The molecule has 4 rings (SSSR count). The van der Waals surface area contributed by atoms with Gasteiger partial charge in [-0.25, -0.2) is 4.79 Å². The van der Waals surface area contributed by atoms with Crippen molar-refractivity contribution in [3.05, 3.63) is 35.9 Å². The summed E-state index contributed by atoms with van der Waals surface area (Å²) in [6.45, 7) is 3.59. The van der Waals surface area contributed by atoms with Gasteiger partial charge >= 0.3 is 12.0 Å². The second-order valence-electron chi connectivity index (χ2n) is 8.44. The molecule has 3 heterocycles. The van der Waals surface area contributed by atoms with Crippen LogP contribution in [0.1, 0.15) is 37.2 Å². The molecule has 0 radical (unpaired) electrons. The summed E-state index contributed by atoms with van der Waals surface area (Å²) in [4.78, 5) is 42.9. The summed E-state index contributed by atoms with van der Waals surface area (Å²) in [7, 11) is 0. The zero-order chi connectivity index (χ0) is 20.4. The SMILES string of the molecule is O=C(O)[C@@H]1CN(C(=O)C2CCN(C(=O)N3CCCC3)CC2)C[C@@H]1c1ccccc1. The maximum atomic E-state index is 13.1. The fraction of sp³-hybridized carbons (Fsp3) is 0.591. The van der Waals surface area contributed by atoms with Gasteiger partial charge in [0.15, 0.2) is 0 Å². The van der Waals surface area contributed by atoms with Gasteiger partial charge in [0.05, 0.1) is 5.92 Å². The van der Waals surface area contributed by atoms with E-state index in [1.54, 1.807) is 4.90 Å². The van der Waals surface area contributed by atoms with E-state index >= 15 is 0 Å². The number of carboxylic acid groups (broad SMARTS) is 1. The first-order valence-corrected chi connectivity index (χ1v) is 10.6. The highest BCUT2D eigenvalue weighted by atomic mass is 16.4. The normalized spacial score (nSPS) is 25.4. The minimum atomic E-state index is -0.847. The third-order valence-corrected chi connectivity index (χ3v) is 6.67. The Balaban J connectivity index is 1.36. The summed E-state index contributed by atoms with van der Waals surface area (Å²) >= 11 is 0. The van der Waals surface area contributed by atoms with Crippen molar-refractivity contribution in [1.29, 1.82) is 0 Å². The average molecular weight is 399 g/mol. The molecule has 0 aromatic heterocycles. The quantitative estimate of drug-likeness (QED) is 0.845. The lowest BCUT2D eigenvalue weighted by Gasteiger charge is -2.35. The largest absolute Gasteiger partial charge is 0.481 e. The zero-order valence-electron chi connectivity index (χ0n) is 16.7. The van der Waals surface area contributed by atoms with Crippen LogP contribution in [0.2, 0.25) is 0 Å². The first-order valence-electron chi connectivity index (χ1n) is 10.6. The van der Waals surface area contributed by atoms with Gasteiger partial charge in [0.2, 0.25) is 5.91 Å². The number of carbonyl (C=O) groups is 3. The van der Waals surface area contributed by atoms with Crippen LogP contribution < -0.4 is 0 Å². The van der Waals surface area contributed by atoms with Crippen LogP contribution in [0.15, 0.2) is 30.3 Å². The van der Waals surface area contributed by atoms with E-state index in [4.69, 9.17) is 0 Å². The molecule has 3 fully saturated rings. The van der Waals surface area contributed by atoms with Crippen molar-refractivity contribution in [1.82, 2.24) is 14.7 Å². The van der Waals surface area contributed by atoms with E-state index in [1.807, 2.05) is 40.1 Å². The molecule has 7 heteroatoms. The Morgan fingerprint density at radius 3 is 2.07 bits per heavy atom. The summed E-state index contributed by atoms with van der Waals surface area (Å²) < 4.78 is 0. The molecule has 3 amide bonds. The topological polar surface area (TPSA) is 81.2 Å². The van der Waals surface area contributed by atoms with Gasteiger partial charge < -0.3 is 19.8 Å². The molecular formula is C22H29N3O4. The van der Waals surface area contributed by atoms with Gasteiger partial charge in [-0.3, -0.25) is 9.59 Å². The van der Waals surface area contributed by atoms with Gasteiger partial charge in [0.1, 0.15) is 0 Å². The molecule has 0 saturated carbocycles. The summed E-state index contributed by atoms with van der Waals surface area (Å²) in [6, 6.07) is 9.71. The van der Waals surface area contributed by atoms with Crippen molar-refractivity contribution in [3.63, 3.8) is 0 Å². The van der Waals surface area contributed by atoms with Gasteiger partial charge in [-0.2, -0.15) is 0 Å². The number of hydrogen-bond donors (Lipinski definition) is 1. The third-order valence-electron chi connectivity index (χ3n) is 6.67. The standard InChI is InChI=1S/C22H29N3O4/c26-20(17-8-12-24(13-9-17)22(29)23-10-4-5-11-23)25-14-18(19(15-25)21(27)28)16-6-2-1-3-7-16/h1-3,6-7,17-19H,4-5,8-15H2,(H,27,28)/t18-,19-/m1/s1. The predicted octanol–water partition coefficient (Wildman–Crippen LogP) is 2.24. The fourth-order valence-electron chi connectivity index (χ4n) is 4.96. The number of aliphatic carboxylic acids is 1. The smallest absolute Gasteiger partial charge is 0.319 e. The van der Waals surface area contributed by atoms with Crippen molar-refractivity contribution in [2.45, 2.75) is 31.6 Å². The minimum absolute atomic E-state index is 0.0444. The fourth-order valence-corrected chi connectivity index (χ4v) is 4.96. The highest BCUT2D eigenvalue weighted by molar-refractivity contribution is 5.82. The van der Waals surface area contributed by atoms with E-state index in [0.29, 0.717) is 32.5 Å². The molecule has 3 aliphatic rings. The van der Waals surface area contributed by atoms with E-state index in [2.05, 4.69) is 0 Å². The number of carboxylic acids is 1. The van der Waals surface area contributed by atoms with Crippen LogP contribution in [0.4, 0.5) is 4.79 Å². The summed E-state index contributed by atoms with van der Waals surface area (Å²) in [6.07, 6.45) is 3.46. The molecule has 0 spiro atoms. The van der Waals surface area contributed by atoms with Gasteiger partial charge in [0, 0.05) is 51.1 Å². The number of benzene rings is 1. The molecule has 1 N–H and O–H groups in total. The zero-order valence-corrected chi connectivity index (χ0v) is 16.7. The Labute approximate surface area is 171 Å². The van der Waals surface area contributed by atoms with E-state index in [0.717, 1.165) is 31.5 Å². The maximum Gasteiger partial charge on any atom is 0.319 e. The first kappa shape index (κ1) is 19.7. The lowest BCUT2D eigenvalue weighted by atomic mass is 9.89. The monoisotopic (exact) mass is 399 g/mol. The minimum Gasteiger partial charge on any atom is -0.481 e. The molecule has 29 heavy (non-hydrogen) atoms. The van der Waals surface area contributed by atoms with Gasteiger partial charge in [-0.15, -0.1) is 0 Å². The predicted molar refractivity (Wildman–Crippen MR) is 107 cm³/mol. The molecule has 3 saturated heterocycles. The number of urea groups is 1. The molecule has 3 aliphatic heterocycles. The number of carbonyl (C=O) groups excluding carboxylic acids is 2. The van der Waals surface area contributed by atoms with Crippen LogP contribution in [0.3, 0.4) is 0 Å². The number of piperidine rings is 1. The van der Waals surface area contributed by atoms with E-state index < -0.39 is 11.9 Å². The third kappa shape index (κ3) is 4.09. The van der Waals surface area contributed by atoms with Crippen LogP contribution in [0.5, 0.6) is 0 Å². The van der Waals surface area contributed by atoms with E-state index in [1.165, 1.54) is 0 Å². The highest BCUT2D eigenvalue weighted by Gasteiger charge is 2.42. The average Bonchev–Trinajstić information content (AvgIpc) is 3.44. The Morgan fingerprint density at radius 1 is 0.828 bits per heavy atom. The molecule has 1 aromatic rings. The van der Waals surface area contributed by atoms with Crippen LogP contribution in [-0.4, -0.2) is 77.0 Å². The van der Waals surface area contributed by atoms with Gasteiger partial charge in [-0.05, 0) is 31.2 Å². The summed E-state index contributed by atoms with van der Waals surface area (Å²) in [5.41, 5.74) is 0.973. The second kappa shape index (κ2) is 8.43. The van der Waals surface area contributed by atoms with Gasteiger partial charge in [-0.1, -0.05) is 30.3 Å². The first-order chi connectivity index (χ1) is 14.0. The van der Waals surface area contributed by atoms with Crippen LogP contribution in [0, 0.1) is 11.8 Å². The number of hydrogen-bond acceptors (Lipinski definition) is 3. The Kier molecular flexibility index (Phi) is 5.74. The van der Waals surface area contributed by atoms with Crippen LogP contribution in [-0.2, 0) is 9.59 Å². The second-order valence-corrected chi connectivity index (χ2v) is 8.44. The molecular weight excluding hydrogens is 370 g/mol. The molecule has 1 aromatic carbocycles. The molecule has 156 valence electrons. The summed E-state index contributed by atoms with van der Waals surface area (Å²) in [5.74, 6) is -1.67. The van der Waals surface area contributed by atoms with Crippen molar-refractivity contribution in [3.8, 4) is 0 Å². The number of nitrogens with zero attached hydrogens (tertiary/aromatic N) is 3.